The monoisotopic (exact) mass is 259 g/mol. The molecule has 3 N–H and O–H groups in total. The molecule has 19 heavy (non-hydrogen) atoms. The summed E-state index contributed by atoms with van der Waals surface area (Å²) >= 11 is 0. The highest BCUT2D eigenvalue weighted by Gasteiger charge is 2.25. The number of fused-ring (bicyclic) bond motifs is 1. The third kappa shape index (κ3) is 2.51. The van der Waals surface area contributed by atoms with Gasteiger partial charge in [-0.05, 0) is 56.1 Å². The zero-order chi connectivity index (χ0) is 13.2. The molecule has 1 aromatic carbocycles. The van der Waals surface area contributed by atoms with E-state index >= 15 is 0 Å². The molecule has 3 rings (SSSR count). The molecule has 1 saturated heterocycles. The fourth-order valence-corrected chi connectivity index (χ4v) is 3.28. The van der Waals surface area contributed by atoms with Gasteiger partial charge in [0.25, 0.3) is 0 Å². The summed E-state index contributed by atoms with van der Waals surface area (Å²) in [5, 5.41) is 9.81. The summed E-state index contributed by atoms with van der Waals surface area (Å²) < 4.78 is 0. The van der Waals surface area contributed by atoms with Gasteiger partial charge in [-0.2, -0.15) is 0 Å². The lowest BCUT2D eigenvalue weighted by atomic mass is 9.86. The lowest BCUT2D eigenvalue weighted by Gasteiger charge is -2.31. The number of carbonyl (C=O) groups is 1. The molecule has 0 radical (unpaired) electrons. The smallest absolute Gasteiger partial charge is 0.228 e. The molecule has 2 unspecified atom stereocenters. The molecule has 102 valence electrons. The first-order chi connectivity index (χ1) is 9.28. The van der Waals surface area contributed by atoms with Crippen LogP contribution in [0.1, 0.15) is 30.0 Å². The summed E-state index contributed by atoms with van der Waals surface area (Å²) in [4.78, 5) is 11.4. The molecule has 0 aromatic heterocycles. The van der Waals surface area contributed by atoms with Crippen molar-refractivity contribution >= 4 is 11.6 Å². The Balaban J connectivity index is 1.83. The summed E-state index contributed by atoms with van der Waals surface area (Å²) in [7, 11) is 2.02. The van der Waals surface area contributed by atoms with Crippen LogP contribution in [-0.4, -0.2) is 26.0 Å². The predicted octanol–water partition coefficient (Wildman–Crippen LogP) is 1.44. The fraction of sp³-hybridized carbons (Fsp3) is 0.533. The molecule has 0 spiro atoms. The van der Waals surface area contributed by atoms with E-state index in [4.69, 9.17) is 0 Å². The summed E-state index contributed by atoms with van der Waals surface area (Å²) in [6, 6.07) is 6.73. The van der Waals surface area contributed by atoms with E-state index in [0.29, 0.717) is 18.4 Å². The fourth-order valence-electron chi connectivity index (χ4n) is 3.28. The van der Waals surface area contributed by atoms with Crippen LogP contribution in [0.2, 0.25) is 0 Å². The molecular formula is C15H21N3O. The number of benzene rings is 1. The van der Waals surface area contributed by atoms with Gasteiger partial charge in [-0.25, -0.2) is 0 Å². The minimum Gasteiger partial charge on any atom is -0.326 e. The van der Waals surface area contributed by atoms with Crippen molar-refractivity contribution in [1.82, 2.24) is 10.6 Å². The molecule has 2 heterocycles. The first-order valence-corrected chi connectivity index (χ1v) is 7.08. The first-order valence-electron chi connectivity index (χ1n) is 7.08. The number of anilines is 1. The summed E-state index contributed by atoms with van der Waals surface area (Å²) in [5.41, 5.74) is 3.41. The van der Waals surface area contributed by atoms with Crippen LogP contribution in [0.15, 0.2) is 18.2 Å². The van der Waals surface area contributed by atoms with Crippen LogP contribution >= 0.6 is 0 Å². The van der Waals surface area contributed by atoms with Crippen LogP contribution in [0, 0.1) is 5.92 Å². The highest BCUT2D eigenvalue weighted by Crippen LogP contribution is 2.31. The molecule has 4 nitrogen and oxygen atoms in total. The van der Waals surface area contributed by atoms with Crippen LogP contribution < -0.4 is 16.0 Å². The second kappa shape index (κ2) is 5.31. The van der Waals surface area contributed by atoms with Gasteiger partial charge in [0.2, 0.25) is 5.91 Å². The number of hydrogen-bond donors (Lipinski definition) is 3. The Morgan fingerprint density at radius 1 is 1.42 bits per heavy atom. The Morgan fingerprint density at radius 2 is 2.32 bits per heavy atom. The second-order valence-electron chi connectivity index (χ2n) is 5.51. The number of rotatable bonds is 3. The number of nitrogens with one attached hydrogen (secondary N) is 3. The number of hydrogen-bond acceptors (Lipinski definition) is 3. The largest absolute Gasteiger partial charge is 0.326 e. The van der Waals surface area contributed by atoms with Gasteiger partial charge < -0.3 is 16.0 Å². The van der Waals surface area contributed by atoms with Gasteiger partial charge in [-0.15, -0.1) is 0 Å². The third-order valence-electron chi connectivity index (χ3n) is 4.23. The van der Waals surface area contributed by atoms with E-state index in [2.05, 4.69) is 28.1 Å². The molecule has 2 atom stereocenters. The van der Waals surface area contributed by atoms with Crippen LogP contribution in [0.25, 0.3) is 0 Å². The van der Waals surface area contributed by atoms with E-state index < -0.39 is 0 Å². The normalized spacial score (nSPS) is 23.8. The van der Waals surface area contributed by atoms with Crippen molar-refractivity contribution < 1.29 is 4.79 Å². The topological polar surface area (TPSA) is 53.2 Å². The van der Waals surface area contributed by atoms with Crippen molar-refractivity contribution in [1.29, 1.82) is 0 Å². The van der Waals surface area contributed by atoms with Crippen LogP contribution in [0.4, 0.5) is 5.69 Å². The maximum absolute atomic E-state index is 11.4. The van der Waals surface area contributed by atoms with Crippen molar-refractivity contribution in [3.05, 3.63) is 29.3 Å². The summed E-state index contributed by atoms with van der Waals surface area (Å²) in [6.07, 6.45) is 3.02. The van der Waals surface area contributed by atoms with Crippen molar-refractivity contribution in [3.63, 3.8) is 0 Å². The minimum atomic E-state index is 0.104. The molecule has 2 aliphatic heterocycles. The summed E-state index contributed by atoms with van der Waals surface area (Å²) in [5.74, 6) is 0.731. The van der Waals surface area contributed by atoms with E-state index in [1.54, 1.807) is 0 Å². The highest BCUT2D eigenvalue weighted by molar-refractivity contribution is 5.99. The molecule has 0 aliphatic carbocycles. The van der Waals surface area contributed by atoms with Crippen LogP contribution in [0.3, 0.4) is 0 Å². The van der Waals surface area contributed by atoms with Crippen molar-refractivity contribution in [3.8, 4) is 0 Å². The van der Waals surface area contributed by atoms with Gasteiger partial charge in [0.15, 0.2) is 0 Å². The Bertz CT molecular complexity index is 480. The Hall–Kier alpha value is -1.39. The Kier molecular flexibility index (Phi) is 3.53. The maximum Gasteiger partial charge on any atom is 0.228 e. The number of carbonyl (C=O) groups excluding carboxylic acids is 1. The molecule has 2 aliphatic rings. The number of piperidine rings is 1. The highest BCUT2D eigenvalue weighted by atomic mass is 16.1. The van der Waals surface area contributed by atoms with E-state index in [1.165, 1.54) is 18.4 Å². The van der Waals surface area contributed by atoms with Crippen molar-refractivity contribution in [2.24, 2.45) is 5.92 Å². The molecule has 4 heteroatoms. The zero-order valence-electron chi connectivity index (χ0n) is 11.3. The van der Waals surface area contributed by atoms with Gasteiger partial charge in [0.05, 0.1) is 6.42 Å². The Labute approximate surface area is 114 Å². The van der Waals surface area contributed by atoms with E-state index in [1.807, 2.05) is 13.1 Å². The van der Waals surface area contributed by atoms with Gasteiger partial charge >= 0.3 is 0 Å². The average Bonchev–Trinajstić information content (AvgIpc) is 2.80. The molecular weight excluding hydrogens is 238 g/mol. The molecule has 1 aromatic rings. The Morgan fingerprint density at radius 3 is 3.05 bits per heavy atom. The minimum absolute atomic E-state index is 0.104. The van der Waals surface area contributed by atoms with E-state index in [-0.39, 0.29) is 5.91 Å². The van der Waals surface area contributed by atoms with Gasteiger partial charge in [-0.1, -0.05) is 12.1 Å². The van der Waals surface area contributed by atoms with Crippen molar-refractivity contribution in [2.45, 2.75) is 25.3 Å². The van der Waals surface area contributed by atoms with Crippen LogP contribution in [0.5, 0.6) is 0 Å². The average molecular weight is 259 g/mol. The number of amides is 1. The molecule has 0 saturated carbocycles. The maximum atomic E-state index is 11.4. The van der Waals surface area contributed by atoms with Gasteiger partial charge in [0, 0.05) is 11.7 Å². The van der Waals surface area contributed by atoms with Crippen molar-refractivity contribution in [2.75, 3.05) is 25.5 Å². The predicted molar refractivity (Wildman–Crippen MR) is 76.2 cm³/mol. The SMILES string of the molecule is CNC(c1ccc2c(c1)CC(=O)N2)C1CCCNC1. The standard InChI is InChI=1S/C15H21N3O/c1-16-15(11-3-2-6-17-9-11)10-4-5-13-12(7-10)8-14(19)18-13/h4-5,7,11,15-17H,2-3,6,8-9H2,1H3,(H,18,19). The lowest BCUT2D eigenvalue weighted by Crippen LogP contribution is -2.37. The molecule has 1 amide bonds. The van der Waals surface area contributed by atoms with E-state index in [0.717, 1.165) is 24.3 Å². The third-order valence-corrected chi connectivity index (χ3v) is 4.23. The van der Waals surface area contributed by atoms with Gasteiger partial charge in [-0.3, -0.25) is 4.79 Å². The molecule has 0 bridgehead atoms. The zero-order valence-corrected chi connectivity index (χ0v) is 11.3. The second-order valence-corrected chi connectivity index (χ2v) is 5.51. The van der Waals surface area contributed by atoms with Crippen LogP contribution in [-0.2, 0) is 11.2 Å². The summed E-state index contributed by atoms with van der Waals surface area (Å²) in [6.45, 7) is 2.20. The quantitative estimate of drug-likeness (QED) is 0.770. The van der Waals surface area contributed by atoms with E-state index in [9.17, 15) is 4.79 Å². The molecule has 1 fully saturated rings. The lowest BCUT2D eigenvalue weighted by molar-refractivity contribution is -0.115. The van der Waals surface area contributed by atoms with Gasteiger partial charge in [0.1, 0.15) is 0 Å². The first kappa shape index (κ1) is 12.6.